The number of hydrogen-bond acceptors (Lipinski definition) is 3. The summed E-state index contributed by atoms with van der Waals surface area (Å²) in [6, 6.07) is 10.6. The van der Waals surface area contributed by atoms with Crippen molar-refractivity contribution in [1.82, 2.24) is 4.31 Å². The maximum absolute atomic E-state index is 13.1. The van der Waals surface area contributed by atoms with E-state index in [4.69, 9.17) is 16.3 Å². The third kappa shape index (κ3) is 3.47. The van der Waals surface area contributed by atoms with Gasteiger partial charge in [-0.3, -0.25) is 0 Å². The zero-order valence-electron chi connectivity index (χ0n) is 13.1. The summed E-state index contributed by atoms with van der Waals surface area (Å²) in [5.41, 5.74) is 1.57. The van der Waals surface area contributed by atoms with Crippen LogP contribution in [0.25, 0.3) is 0 Å². The topological polar surface area (TPSA) is 46.6 Å². The highest BCUT2D eigenvalue weighted by Crippen LogP contribution is 2.28. The van der Waals surface area contributed by atoms with Crippen LogP contribution in [0, 0.1) is 12.7 Å². The van der Waals surface area contributed by atoms with Gasteiger partial charge in [-0.25, -0.2) is 12.8 Å². The standard InChI is InChI=1S/C17H17ClFNO3S/c1-12-2-7-15(10-16(12)18)24(21,22)20-8-9-23-17(11-20)13-3-5-14(19)6-4-13/h2-7,10,17H,8-9,11H2,1H3. The summed E-state index contributed by atoms with van der Waals surface area (Å²) in [4.78, 5) is 0.165. The Bertz CT molecular complexity index is 839. The Kier molecular flexibility index (Phi) is 4.92. The third-order valence-electron chi connectivity index (χ3n) is 4.05. The van der Waals surface area contributed by atoms with Crippen molar-refractivity contribution in [3.8, 4) is 0 Å². The summed E-state index contributed by atoms with van der Waals surface area (Å²) in [5.74, 6) is -0.340. The van der Waals surface area contributed by atoms with Gasteiger partial charge >= 0.3 is 0 Å². The molecule has 0 bridgehead atoms. The zero-order valence-corrected chi connectivity index (χ0v) is 14.6. The maximum Gasteiger partial charge on any atom is 0.243 e. The van der Waals surface area contributed by atoms with Crippen molar-refractivity contribution in [3.05, 3.63) is 64.4 Å². The number of ether oxygens (including phenoxy) is 1. The molecule has 0 aromatic heterocycles. The molecule has 1 saturated heterocycles. The van der Waals surface area contributed by atoms with Crippen molar-refractivity contribution < 1.29 is 17.5 Å². The molecule has 0 aliphatic carbocycles. The summed E-state index contributed by atoms with van der Waals surface area (Å²) in [6.45, 7) is 2.55. The predicted octanol–water partition coefficient (Wildman–Crippen LogP) is 3.55. The normalized spacial score (nSPS) is 19.4. The van der Waals surface area contributed by atoms with E-state index in [0.717, 1.165) is 11.1 Å². The molecule has 1 unspecified atom stereocenters. The van der Waals surface area contributed by atoms with Crippen LogP contribution in [0.1, 0.15) is 17.2 Å². The zero-order chi connectivity index (χ0) is 17.3. The van der Waals surface area contributed by atoms with Gasteiger partial charge in [0.05, 0.1) is 17.6 Å². The molecule has 3 rings (SSSR count). The molecule has 4 nitrogen and oxygen atoms in total. The highest BCUT2D eigenvalue weighted by atomic mass is 35.5. The highest BCUT2D eigenvalue weighted by Gasteiger charge is 2.31. The first-order chi connectivity index (χ1) is 11.4. The van der Waals surface area contributed by atoms with E-state index >= 15 is 0 Å². The van der Waals surface area contributed by atoms with Crippen LogP contribution < -0.4 is 0 Å². The number of sulfonamides is 1. The average molecular weight is 370 g/mol. The van der Waals surface area contributed by atoms with Crippen LogP contribution in [0.3, 0.4) is 0 Å². The van der Waals surface area contributed by atoms with Gasteiger partial charge in [0.25, 0.3) is 0 Å². The minimum absolute atomic E-state index is 0.165. The highest BCUT2D eigenvalue weighted by molar-refractivity contribution is 7.89. The molecule has 1 heterocycles. The minimum atomic E-state index is -3.66. The van der Waals surface area contributed by atoms with Crippen LogP contribution in [-0.4, -0.2) is 32.4 Å². The van der Waals surface area contributed by atoms with Crippen molar-refractivity contribution in [2.24, 2.45) is 0 Å². The van der Waals surface area contributed by atoms with Crippen LogP contribution in [-0.2, 0) is 14.8 Å². The molecule has 0 amide bonds. The van der Waals surface area contributed by atoms with Crippen molar-refractivity contribution >= 4 is 21.6 Å². The molecule has 1 atom stereocenters. The molecule has 0 radical (unpaired) electrons. The van der Waals surface area contributed by atoms with Gasteiger partial charge in [0.1, 0.15) is 5.82 Å². The Balaban J connectivity index is 1.85. The Morgan fingerprint density at radius 3 is 2.58 bits per heavy atom. The monoisotopic (exact) mass is 369 g/mol. The van der Waals surface area contributed by atoms with Gasteiger partial charge in [0.2, 0.25) is 10.0 Å². The van der Waals surface area contributed by atoms with E-state index in [1.807, 2.05) is 6.92 Å². The lowest BCUT2D eigenvalue weighted by molar-refractivity contribution is -0.00258. The van der Waals surface area contributed by atoms with Crippen LogP contribution in [0.2, 0.25) is 5.02 Å². The van der Waals surface area contributed by atoms with Gasteiger partial charge in [0, 0.05) is 18.1 Å². The lowest BCUT2D eigenvalue weighted by atomic mass is 10.1. The first-order valence-electron chi connectivity index (χ1n) is 7.51. The Labute approximate surface area is 145 Å². The van der Waals surface area contributed by atoms with Gasteiger partial charge in [-0.05, 0) is 42.3 Å². The van der Waals surface area contributed by atoms with Crippen molar-refractivity contribution in [2.75, 3.05) is 19.7 Å². The fourth-order valence-corrected chi connectivity index (χ4v) is 4.30. The second kappa shape index (κ2) is 6.80. The van der Waals surface area contributed by atoms with Crippen LogP contribution >= 0.6 is 11.6 Å². The maximum atomic E-state index is 13.1. The smallest absolute Gasteiger partial charge is 0.243 e. The number of nitrogens with zero attached hydrogens (tertiary/aromatic N) is 1. The Morgan fingerprint density at radius 1 is 1.21 bits per heavy atom. The largest absolute Gasteiger partial charge is 0.371 e. The van der Waals surface area contributed by atoms with E-state index in [1.165, 1.54) is 22.5 Å². The lowest BCUT2D eigenvalue weighted by Crippen LogP contribution is -2.42. The molecule has 0 saturated carbocycles. The van der Waals surface area contributed by atoms with E-state index in [9.17, 15) is 12.8 Å². The fraction of sp³-hybridized carbons (Fsp3) is 0.294. The first kappa shape index (κ1) is 17.4. The molecule has 1 aliphatic heterocycles. The van der Waals surface area contributed by atoms with Crippen LogP contribution in [0.4, 0.5) is 4.39 Å². The molecular formula is C17H17ClFNO3S. The molecular weight excluding hydrogens is 353 g/mol. The van der Waals surface area contributed by atoms with Crippen molar-refractivity contribution in [3.63, 3.8) is 0 Å². The van der Waals surface area contributed by atoms with E-state index < -0.39 is 16.1 Å². The summed E-state index contributed by atoms with van der Waals surface area (Å²) >= 11 is 6.06. The molecule has 24 heavy (non-hydrogen) atoms. The lowest BCUT2D eigenvalue weighted by Gasteiger charge is -2.32. The SMILES string of the molecule is Cc1ccc(S(=O)(=O)N2CCOC(c3ccc(F)cc3)C2)cc1Cl. The van der Waals surface area contributed by atoms with E-state index in [1.54, 1.807) is 24.3 Å². The minimum Gasteiger partial charge on any atom is -0.371 e. The molecule has 1 fully saturated rings. The van der Waals surface area contributed by atoms with Gasteiger partial charge in [-0.1, -0.05) is 29.8 Å². The number of halogens is 2. The summed E-state index contributed by atoms with van der Waals surface area (Å²) in [7, 11) is -3.66. The first-order valence-corrected chi connectivity index (χ1v) is 9.33. The number of aryl methyl sites for hydroxylation is 1. The van der Waals surface area contributed by atoms with Crippen LogP contribution in [0.5, 0.6) is 0 Å². The molecule has 128 valence electrons. The van der Waals surface area contributed by atoms with Gasteiger partial charge in [-0.2, -0.15) is 4.31 Å². The van der Waals surface area contributed by atoms with E-state index in [-0.39, 0.29) is 30.4 Å². The third-order valence-corrected chi connectivity index (χ3v) is 6.32. The number of benzene rings is 2. The quantitative estimate of drug-likeness (QED) is 0.831. The Morgan fingerprint density at radius 2 is 1.92 bits per heavy atom. The molecule has 2 aromatic carbocycles. The molecule has 0 N–H and O–H groups in total. The number of morpholine rings is 1. The molecule has 2 aromatic rings. The summed E-state index contributed by atoms with van der Waals surface area (Å²) in [5, 5.41) is 0.416. The van der Waals surface area contributed by atoms with E-state index in [0.29, 0.717) is 5.02 Å². The van der Waals surface area contributed by atoms with Crippen molar-refractivity contribution in [1.29, 1.82) is 0 Å². The number of hydrogen-bond donors (Lipinski definition) is 0. The molecule has 0 spiro atoms. The number of rotatable bonds is 3. The van der Waals surface area contributed by atoms with Crippen LogP contribution in [0.15, 0.2) is 47.4 Å². The Hall–Kier alpha value is -1.47. The van der Waals surface area contributed by atoms with Gasteiger partial charge < -0.3 is 4.74 Å². The predicted molar refractivity (Wildman–Crippen MR) is 90.0 cm³/mol. The fourth-order valence-electron chi connectivity index (χ4n) is 2.61. The van der Waals surface area contributed by atoms with Gasteiger partial charge in [0.15, 0.2) is 0 Å². The molecule has 7 heteroatoms. The van der Waals surface area contributed by atoms with Crippen molar-refractivity contribution in [2.45, 2.75) is 17.9 Å². The summed E-state index contributed by atoms with van der Waals surface area (Å²) < 4.78 is 45.8. The van der Waals surface area contributed by atoms with E-state index in [2.05, 4.69) is 0 Å². The average Bonchev–Trinajstić information content (AvgIpc) is 2.58. The second-order valence-corrected chi connectivity index (χ2v) is 8.03. The van der Waals surface area contributed by atoms with Gasteiger partial charge in [-0.15, -0.1) is 0 Å². The summed E-state index contributed by atoms with van der Waals surface area (Å²) in [6.07, 6.45) is -0.421. The molecule has 1 aliphatic rings. The second-order valence-electron chi connectivity index (χ2n) is 5.69.